The number of nitrogens with one attached hydrogen (secondary N) is 2. The topological polar surface area (TPSA) is 81.7 Å². The number of hydrogen-bond donors (Lipinski definition) is 3. The Kier molecular flexibility index (Phi) is 5.91. The summed E-state index contributed by atoms with van der Waals surface area (Å²) in [7, 11) is 0. The lowest BCUT2D eigenvalue weighted by Gasteiger charge is -2.23. The van der Waals surface area contributed by atoms with Crippen molar-refractivity contribution in [3.8, 4) is 0 Å². The van der Waals surface area contributed by atoms with E-state index in [9.17, 15) is 9.59 Å². The molecule has 1 fully saturated rings. The SMILES string of the molecule is CCNCCCNC(=O)N1CCC(C(=O)O)C1C. The first-order chi connectivity index (χ1) is 8.57. The van der Waals surface area contributed by atoms with Crippen molar-refractivity contribution >= 4 is 12.0 Å². The van der Waals surface area contributed by atoms with Crippen molar-refractivity contribution in [1.29, 1.82) is 0 Å². The Labute approximate surface area is 108 Å². The van der Waals surface area contributed by atoms with Crippen LogP contribution in [-0.2, 0) is 4.79 Å². The van der Waals surface area contributed by atoms with Gasteiger partial charge in [-0.1, -0.05) is 6.92 Å². The fraction of sp³-hybridized carbons (Fsp3) is 0.833. The Hall–Kier alpha value is -1.30. The Bertz CT molecular complexity index is 296. The van der Waals surface area contributed by atoms with Crippen LogP contribution in [0, 0.1) is 5.92 Å². The van der Waals surface area contributed by atoms with Gasteiger partial charge in [0.15, 0.2) is 0 Å². The Morgan fingerprint density at radius 2 is 2.11 bits per heavy atom. The summed E-state index contributed by atoms with van der Waals surface area (Å²) in [4.78, 5) is 24.4. The molecule has 0 aromatic carbocycles. The highest BCUT2D eigenvalue weighted by atomic mass is 16.4. The average molecular weight is 257 g/mol. The molecular formula is C12H23N3O3. The van der Waals surface area contributed by atoms with Crippen LogP contribution >= 0.6 is 0 Å². The molecule has 1 aliphatic heterocycles. The van der Waals surface area contributed by atoms with E-state index in [4.69, 9.17) is 5.11 Å². The molecule has 18 heavy (non-hydrogen) atoms. The zero-order valence-electron chi connectivity index (χ0n) is 11.1. The maximum absolute atomic E-state index is 11.9. The van der Waals surface area contributed by atoms with Crippen LogP contribution in [0.2, 0.25) is 0 Å². The summed E-state index contributed by atoms with van der Waals surface area (Å²) < 4.78 is 0. The van der Waals surface area contributed by atoms with E-state index in [-0.39, 0.29) is 12.1 Å². The van der Waals surface area contributed by atoms with Crippen molar-refractivity contribution in [3.05, 3.63) is 0 Å². The van der Waals surface area contributed by atoms with Crippen LogP contribution in [0.1, 0.15) is 26.7 Å². The van der Waals surface area contributed by atoms with Gasteiger partial charge in [0.1, 0.15) is 0 Å². The van der Waals surface area contributed by atoms with Crippen LogP contribution < -0.4 is 10.6 Å². The van der Waals surface area contributed by atoms with Crippen LogP contribution in [0.25, 0.3) is 0 Å². The quantitative estimate of drug-likeness (QED) is 0.605. The van der Waals surface area contributed by atoms with Gasteiger partial charge in [-0.3, -0.25) is 4.79 Å². The number of urea groups is 1. The Morgan fingerprint density at radius 1 is 1.39 bits per heavy atom. The molecule has 2 amide bonds. The van der Waals surface area contributed by atoms with E-state index in [1.54, 1.807) is 11.8 Å². The fourth-order valence-electron chi connectivity index (χ4n) is 2.24. The average Bonchev–Trinajstić information content (AvgIpc) is 2.70. The molecular weight excluding hydrogens is 234 g/mol. The van der Waals surface area contributed by atoms with E-state index in [1.807, 2.05) is 6.92 Å². The van der Waals surface area contributed by atoms with Crippen LogP contribution in [0.3, 0.4) is 0 Å². The highest BCUT2D eigenvalue weighted by molar-refractivity contribution is 5.78. The first kappa shape index (κ1) is 14.8. The summed E-state index contributed by atoms with van der Waals surface area (Å²) >= 11 is 0. The van der Waals surface area contributed by atoms with Gasteiger partial charge in [0.25, 0.3) is 0 Å². The summed E-state index contributed by atoms with van der Waals surface area (Å²) in [5.41, 5.74) is 0. The normalized spacial score (nSPS) is 23.1. The van der Waals surface area contributed by atoms with Crippen molar-refractivity contribution in [2.24, 2.45) is 5.92 Å². The smallest absolute Gasteiger partial charge is 0.317 e. The van der Waals surface area contributed by atoms with Crippen LogP contribution in [0.5, 0.6) is 0 Å². The summed E-state index contributed by atoms with van der Waals surface area (Å²) in [6.45, 7) is 6.78. The van der Waals surface area contributed by atoms with Gasteiger partial charge < -0.3 is 20.6 Å². The van der Waals surface area contributed by atoms with Gasteiger partial charge in [-0.05, 0) is 32.9 Å². The number of amides is 2. The van der Waals surface area contributed by atoms with E-state index < -0.39 is 11.9 Å². The molecule has 0 aromatic heterocycles. The Morgan fingerprint density at radius 3 is 2.67 bits per heavy atom. The largest absolute Gasteiger partial charge is 0.481 e. The van der Waals surface area contributed by atoms with Crippen molar-refractivity contribution in [2.75, 3.05) is 26.2 Å². The minimum Gasteiger partial charge on any atom is -0.481 e. The zero-order chi connectivity index (χ0) is 13.5. The van der Waals surface area contributed by atoms with Gasteiger partial charge in [-0.2, -0.15) is 0 Å². The van der Waals surface area contributed by atoms with E-state index in [1.165, 1.54) is 0 Å². The molecule has 0 saturated carbocycles. The Balaban J connectivity index is 2.28. The second kappa shape index (κ2) is 7.20. The van der Waals surface area contributed by atoms with Crippen LogP contribution in [-0.4, -0.2) is 54.2 Å². The van der Waals surface area contributed by atoms with Gasteiger partial charge in [0.05, 0.1) is 5.92 Å². The number of carboxylic acids is 1. The highest BCUT2D eigenvalue weighted by Crippen LogP contribution is 2.24. The molecule has 2 unspecified atom stereocenters. The number of carbonyl (C=O) groups excluding carboxylic acids is 1. The lowest BCUT2D eigenvalue weighted by Crippen LogP contribution is -2.44. The van der Waals surface area contributed by atoms with E-state index in [2.05, 4.69) is 10.6 Å². The third-order valence-electron chi connectivity index (χ3n) is 3.39. The summed E-state index contributed by atoms with van der Waals surface area (Å²) in [6, 6.07) is -0.376. The standard InChI is InChI=1S/C12H23N3O3/c1-3-13-6-4-7-14-12(18)15-8-5-10(9(15)2)11(16)17/h9-10,13H,3-8H2,1-2H3,(H,14,18)(H,16,17). The first-order valence-electron chi connectivity index (χ1n) is 6.56. The fourth-order valence-corrected chi connectivity index (χ4v) is 2.24. The number of aliphatic carboxylic acids is 1. The third-order valence-corrected chi connectivity index (χ3v) is 3.39. The van der Waals surface area contributed by atoms with Gasteiger partial charge in [-0.15, -0.1) is 0 Å². The lowest BCUT2D eigenvalue weighted by molar-refractivity contribution is -0.142. The molecule has 0 spiro atoms. The molecule has 0 aromatic rings. The summed E-state index contributed by atoms with van der Waals surface area (Å²) in [5.74, 6) is -1.25. The van der Waals surface area contributed by atoms with Gasteiger partial charge in [0.2, 0.25) is 0 Å². The molecule has 6 heteroatoms. The van der Waals surface area contributed by atoms with Crippen molar-refractivity contribution in [1.82, 2.24) is 15.5 Å². The zero-order valence-corrected chi connectivity index (χ0v) is 11.1. The molecule has 1 saturated heterocycles. The summed E-state index contributed by atoms with van der Waals surface area (Å²) in [6.07, 6.45) is 1.42. The summed E-state index contributed by atoms with van der Waals surface area (Å²) in [5, 5.41) is 15.0. The van der Waals surface area contributed by atoms with Gasteiger partial charge >= 0.3 is 12.0 Å². The lowest BCUT2D eigenvalue weighted by atomic mass is 10.0. The first-order valence-corrected chi connectivity index (χ1v) is 6.56. The van der Waals surface area contributed by atoms with Gasteiger partial charge in [-0.25, -0.2) is 4.79 Å². The number of nitrogens with zero attached hydrogens (tertiary/aromatic N) is 1. The van der Waals surface area contributed by atoms with Crippen molar-refractivity contribution in [3.63, 3.8) is 0 Å². The second-order valence-electron chi connectivity index (χ2n) is 4.61. The maximum atomic E-state index is 11.9. The number of hydrogen-bond acceptors (Lipinski definition) is 3. The molecule has 1 rings (SSSR count). The molecule has 0 bridgehead atoms. The van der Waals surface area contributed by atoms with Crippen molar-refractivity contribution < 1.29 is 14.7 Å². The minimum atomic E-state index is -0.815. The molecule has 1 aliphatic rings. The molecule has 0 radical (unpaired) electrons. The minimum absolute atomic E-state index is 0.150. The monoisotopic (exact) mass is 257 g/mol. The van der Waals surface area contributed by atoms with E-state index in [0.29, 0.717) is 19.5 Å². The number of likely N-dealkylation sites (tertiary alicyclic amines) is 1. The number of carboxylic acid groups (broad SMARTS) is 1. The third kappa shape index (κ3) is 3.87. The number of rotatable bonds is 6. The van der Waals surface area contributed by atoms with Crippen LogP contribution in [0.15, 0.2) is 0 Å². The van der Waals surface area contributed by atoms with Crippen molar-refractivity contribution in [2.45, 2.75) is 32.7 Å². The number of carbonyl (C=O) groups is 2. The van der Waals surface area contributed by atoms with Crippen LogP contribution in [0.4, 0.5) is 4.79 Å². The predicted molar refractivity (Wildman–Crippen MR) is 68.5 cm³/mol. The van der Waals surface area contributed by atoms with E-state index >= 15 is 0 Å². The van der Waals surface area contributed by atoms with E-state index in [0.717, 1.165) is 19.5 Å². The highest BCUT2D eigenvalue weighted by Gasteiger charge is 2.37. The maximum Gasteiger partial charge on any atom is 0.317 e. The molecule has 6 nitrogen and oxygen atoms in total. The second-order valence-corrected chi connectivity index (χ2v) is 4.61. The predicted octanol–water partition coefficient (Wildman–Crippen LogP) is 0.491. The molecule has 1 heterocycles. The molecule has 0 aliphatic carbocycles. The molecule has 104 valence electrons. The molecule has 2 atom stereocenters. The molecule has 3 N–H and O–H groups in total. The van der Waals surface area contributed by atoms with Gasteiger partial charge in [0, 0.05) is 19.1 Å².